The predicted octanol–water partition coefficient (Wildman–Crippen LogP) is 2.27. The second-order valence-corrected chi connectivity index (χ2v) is 4.93. The van der Waals surface area contributed by atoms with E-state index in [9.17, 15) is 19.7 Å². The fraction of sp³-hybridized carbons (Fsp3) is 0.385. The number of halogens is 1. The minimum Gasteiger partial charge on any atom is -0.468 e. The smallest absolute Gasteiger partial charge is 0.325 e. The first kappa shape index (κ1) is 16.9. The molecule has 0 saturated carbocycles. The summed E-state index contributed by atoms with van der Waals surface area (Å²) in [6.45, 7) is 3.28. The first-order valence-electron chi connectivity index (χ1n) is 6.09. The van der Waals surface area contributed by atoms with E-state index in [2.05, 4.69) is 4.74 Å². The third-order valence-electron chi connectivity index (χ3n) is 2.80. The van der Waals surface area contributed by atoms with Gasteiger partial charge in [-0.1, -0.05) is 11.6 Å². The van der Waals surface area contributed by atoms with Crippen LogP contribution >= 0.6 is 11.6 Å². The second-order valence-electron chi connectivity index (χ2n) is 4.53. The highest BCUT2D eigenvalue weighted by molar-refractivity contribution is 6.33. The van der Waals surface area contributed by atoms with E-state index in [1.54, 1.807) is 13.8 Å². The van der Waals surface area contributed by atoms with Crippen LogP contribution in [0.1, 0.15) is 24.2 Å². The number of carbonyl (C=O) groups is 2. The van der Waals surface area contributed by atoms with Crippen LogP contribution in [0.5, 0.6) is 0 Å². The van der Waals surface area contributed by atoms with Crippen molar-refractivity contribution >= 4 is 29.2 Å². The molecule has 1 amide bonds. The van der Waals surface area contributed by atoms with Crippen LogP contribution in [0.15, 0.2) is 18.2 Å². The molecule has 1 rings (SSSR count). The summed E-state index contributed by atoms with van der Waals surface area (Å²) in [7, 11) is 1.23. The number of carbonyl (C=O) groups excluding carboxylic acids is 2. The molecule has 0 unspecified atom stereocenters. The first-order chi connectivity index (χ1) is 9.77. The molecule has 0 N–H and O–H groups in total. The molecule has 0 bridgehead atoms. The largest absolute Gasteiger partial charge is 0.468 e. The van der Waals surface area contributed by atoms with E-state index in [4.69, 9.17) is 11.6 Å². The van der Waals surface area contributed by atoms with Crippen molar-refractivity contribution in [1.82, 2.24) is 4.90 Å². The number of amides is 1. The second kappa shape index (κ2) is 7.03. The highest BCUT2D eigenvalue weighted by Crippen LogP contribution is 2.25. The Morgan fingerprint density at radius 1 is 1.43 bits per heavy atom. The first-order valence-corrected chi connectivity index (χ1v) is 6.47. The molecule has 1 aromatic carbocycles. The lowest BCUT2D eigenvalue weighted by atomic mass is 10.1. The Kier molecular flexibility index (Phi) is 5.66. The van der Waals surface area contributed by atoms with Gasteiger partial charge in [0.2, 0.25) is 0 Å². The van der Waals surface area contributed by atoms with E-state index in [0.29, 0.717) is 0 Å². The number of esters is 1. The molecule has 0 fully saturated rings. The Bertz CT molecular complexity index is 574. The number of ether oxygens (including phenoxy) is 1. The normalized spacial score (nSPS) is 10.3. The molecule has 8 heteroatoms. The van der Waals surface area contributed by atoms with Gasteiger partial charge in [0.1, 0.15) is 11.6 Å². The maximum atomic E-state index is 12.4. The van der Waals surface area contributed by atoms with Gasteiger partial charge < -0.3 is 9.64 Å². The highest BCUT2D eigenvalue weighted by Gasteiger charge is 2.23. The van der Waals surface area contributed by atoms with Crippen molar-refractivity contribution in [3.05, 3.63) is 38.9 Å². The highest BCUT2D eigenvalue weighted by atomic mass is 35.5. The van der Waals surface area contributed by atoms with Crippen molar-refractivity contribution in [3.63, 3.8) is 0 Å². The van der Waals surface area contributed by atoms with Gasteiger partial charge in [0.25, 0.3) is 11.6 Å². The topological polar surface area (TPSA) is 89.8 Å². The molecule has 0 heterocycles. The summed E-state index contributed by atoms with van der Waals surface area (Å²) in [5.74, 6) is -1.00. The number of methoxy groups -OCH3 is 1. The third kappa shape index (κ3) is 4.16. The monoisotopic (exact) mass is 314 g/mol. The summed E-state index contributed by atoms with van der Waals surface area (Å²) >= 11 is 5.78. The van der Waals surface area contributed by atoms with E-state index in [-0.39, 0.29) is 28.9 Å². The number of hydrogen-bond donors (Lipinski definition) is 0. The fourth-order valence-corrected chi connectivity index (χ4v) is 1.90. The molecule has 0 aromatic heterocycles. The van der Waals surface area contributed by atoms with Crippen LogP contribution in [0, 0.1) is 10.1 Å². The summed E-state index contributed by atoms with van der Waals surface area (Å²) in [5.41, 5.74) is -0.111. The summed E-state index contributed by atoms with van der Waals surface area (Å²) in [6.07, 6.45) is 0. The molecule has 0 aliphatic heterocycles. The molecular formula is C13H15ClN2O5. The molecule has 0 aliphatic rings. The maximum Gasteiger partial charge on any atom is 0.325 e. The minimum absolute atomic E-state index is 0.132. The van der Waals surface area contributed by atoms with Gasteiger partial charge in [-0.15, -0.1) is 0 Å². The lowest BCUT2D eigenvalue weighted by molar-refractivity contribution is -0.384. The van der Waals surface area contributed by atoms with Crippen LogP contribution in [-0.2, 0) is 9.53 Å². The van der Waals surface area contributed by atoms with Gasteiger partial charge in [0.05, 0.1) is 12.0 Å². The summed E-state index contributed by atoms with van der Waals surface area (Å²) in [5, 5.41) is 10.6. The SMILES string of the molecule is COC(=O)CN(C(=O)c1ccc([N+](=O)[O-])c(Cl)c1)C(C)C. The zero-order chi connectivity index (χ0) is 16.2. The third-order valence-corrected chi connectivity index (χ3v) is 3.11. The van der Waals surface area contributed by atoms with E-state index in [0.717, 1.165) is 6.07 Å². The summed E-state index contributed by atoms with van der Waals surface area (Å²) < 4.78 is 4.54. The number of hydrogen-bond acceptors (Lipinski definition) is 5. The summed E-state index contributed by atoms with van der Waals surface area (Å²) in [4.78, 5) is 35.1. The van der Waals surface area contributed by atoms with Gasteiger partial charge in [-0.05, 0) is 26.0 Å². The van der Waals surface area contributed by atoms with Crippen LogP contribution < -0.4 is 0 Å². The van der Waals surface area contributed by atoms with Crippen LogP contribution in [-0.4, -0.2) is 41.4 Å². The van der Waals surface area contributed by atoms with Crippen molar-refractivity contribution in [2.45, 2.75) is 19.9 Å². The molecule has 0 atom stereocenters. The van der Waals surface area contributed by atoms with Crippen molar-refractivity contribution < 1.29 is 19.2 Å². The lowest BCUT2D eigenvalue weighted by Crippen LogP contribution is -2.41. The van der Waals surface area contributed by atoms with E-state index >= 15 is 0 Å². The molecule has 0 aliphatic carbocycles. The molecule has 114 valence electrons. The Morgan fingerprint density at radius 3 is 2.48 bits per heavy atom. The minimum atomic E-state index is -0.634. The van der Waals surface area contributed by atoms with E-state index in [1.165, 1.54) is 24.1 Å². The quantitative estimate of drug-likeness (QED) is 0.472. The van der Waals surface area contributed by atoms with E-state index < -0.39 is 16.8 Å². The van der Waals surface area contributed by atoms with Crippen LogP contribution in [0.4, 0.5) is 5.69 Å². The van der Waals surface area contributed by atoms with Crippen molar-refractivity contribution in [1.29, 1.82) is 0 Å². The van der Waals surface area contributed by atoms with Gasteiger partial charge in [-0.25, -0.2) is 0 Å². The lowest BCUT2D eigenvalue weighted by Gasteiger charge is -2.25. The molecule has 0 saturated heterocycles. The van der Waals surface area contributed by atoms with Gasteiger partial charge in [-0.3, -0.25) is 19.7 Å². The zero-order valence-electron chi connectivity index (χ0n) is 11.8. The molecule has 0 spiro atoms. The Hall–Kier alpha value is -2.15. The molecule has 7 nitrogen and oxygen atoms in total. The number of nitro groups is 1. The predicted molar refractivity (Wildman–Crippen MR) is 76.3 cm³/mol. The number of nitrogens with zero attached hydrogens (tertiary/aromatic N) is 2. The number of nitro benzene ring substituents is 1. The Morgan fingerprint density at radius 2 is 2.05 bits per heavy atom. The van der Waals surface area contributed by atoms with Crippen LogP contribution in [0.3, 0.4) is 0 Å². The Labute approximate surface area is 126 Å². The van der Waals surface area contributed by atoms with E-state index in [1.807, 2.05) is 0 Å². The van der Waals surface area contributed by atoms with Gasteiger partial charge >= 0.3 is 5.97 Å². The Balaban J connectivity index is 3.07. The molecule has 1 aromatic rings. The van der Waals surface area contributed by atoms with Gasteiger partial charge in [-0.2, -0.15) is 0 Å². The summed E-state index contributed by atoms with van der Waals surface area (Å²) in [6, 6.07) is 3.44. The standard InChI is InChI=1S/C13H15ClN2O5/c1-8(2)15(7-12(17)21-3)13(18)9-4-5-11(16(19)20)10(14)6-9/h4-6,8H,7H2,1-3H3. The van der Waals surface area contributed by atoms with Crippen LogP contribution in [0.25, 0.3) is 0 Å². The van der Waals surface area contributed by atoms with Crippen molar-refractivity contribution in [2.75, 3.05) is 13.7 Å². The number of benzene rings is 1. The molecular weight excluding hydrogens is 300 g/mol. The van der Waals surface area contributed by atoms with Gasteiger partial charge in [0, 0.05) is 17.7 Å². The molecule has 21 heavy (non-hydrogen) atoms. The average Bonchev–Trinajstić information content (AvgIpc) is 2.42. The number of rotatable bonds is 5. The van der Waals surface area contributed by atoms with Crippen LogP contribution in [0.2, 0.25) is 5.02 Å². The average molecular weight is 315 g/mol. The zero-order valence-corrected chi connectivity index (χ0v) is 12.6. The van der Waals surface area contributed by atoms with Crippen molar-refractivity contribution in [3.8, 4) is 0 Å². The fourth-order valence-electron chi connectivity index (χ4n) is 1.65. The van der Waals surface area contributed by atoms with Crippen molar-refractivity contribution in [2.24, 2.45) is 0 Å². The molecule has 0 radical (unpaired) electrons. The van der Waals surface area contributed by atoms with Gasteiger partial charge in [0.15, 0.2) is 0 Å². The maximum absolute atomic E-state index is 12.4.